The summed E-state index contributed by atoms with van der Waals surface area (Å²) in [5, 5.41) is 23.5. The van der Waals surface area contributed by atoms with E-state index in [1.807, 2.05) is 20.0 Å². The lowest BCUT2D eigenvalue weighted by Gasteiger charge is -2.07. The van der Waals surface area contributed by atoms with Crippen LogP contribution in [-0.2, 0) is 24.0 Å². The van der Waals surface area contributed by atoms with E-state index in [9.17, 15) is 14.9 Å². The Hall–Kier alpha value is -2.91. The number of carbonyl (C=O) groups is 1. The maximum absolute atomic E-state index is 12.2. The Morgan fingerprint density at radius 3 is 2.77 bits per heavy atom. The van der Waals surface area contributed by atoms with Crippen LogP contribution < -0.4 is 5.32 Å². The van der Waals surface area contributed by atoms with Gasteiger partial charge in [0.2, 0.25) is 5.91 Å². The number of amides is 1. The van der Waals surface area contributed by atoms with E-state index in [0.29, 0.717) is 39.4 Å². The number of carbonyl (C=O) groups excluding carboxylic acids is 1. The van der Waals surface area contributed by atoms with E-state index in [1.165, 1.54) is 17.8 Å². The van der Waals surface area contributed by atoms with Crippen LogP contribution in [0.5, 0.6) is 0 Å². The molecule has 0 fully saturated rings. The number of thioether (sulfide) groups is 1. The number of aryl methyl sites for hydroxylation is 2. The van der Waals surface area contributed by atoms with Gasteiger partial charge in [0.05, 0.1) is 4.92 Å². The smallest absolute Gasteiger partial charge is 0.273 e. The highest BCUT2D eigenvalue weighted by Crippen LogP contribution is 2.27. The van der Waals surface area contributed by atoms with Crippen LogP contribution in [0.15, 0.2) is 47.6 Å². The van der Waals surface area contributed by atoms with Crippen LogP contribution in [0.1, 0.15) is 23.4 Å². The average Bonchev–Trinajstić information content (AvgIpc) is 3.07. The fourth-order valence-corrected chi connectivity index (χ4v) is 3.87. The third-order valence-corrected chi connectivity index (χ3v) is 5.98. The molecule has 0 atom stereocenters. The fourth-order valence-electron chi connectivity index (χ4n) is 2.76. The molecule has 10 heteroatoms. The molecule has 1 aromatic heterocycles. The molecule has 0 aliphatic rings. The number of para-hydroxylation sites is 1. The normalized spacial score (nSPS) is 10.8. The van der Waals surface area contributed by atoms with Crippen molar-refractivity contribution >= 4 is 40.6 Å². The lowest BCUT2D eigenvalue weighted by Crippen LogP contribution is -2.13. The molecule has 3 aromatic rings. The first-order chi connectivity index (χ1) is 14.3. The van der Waals surface area contributed by atoms with E-state index >= 15 is 0 Å². The second-order valence-electron chi connectivity index (χ2n) is 6.64. The lowest BCUT2D eigenvalue weighted by atomic mass is 10.2. The Labute approximate surface area is 182 Å². The zero-order chi connectivity index (χ0) is 21.7. The first kappa shape index (κ1) is 21.8. The van der Waals surface area contributed by atoms with Gasteiger partial charge in [-0.3, -0.25) is 14.9 Å². The number of rotatable bonds is 8. The van der Waals surface area contributed by atoms with Crippen molar-refractivity contribution in [3.8, 4) is 0 Å². The molecule has 1 heterocycles. The summed E-state index contributed by atoms with van der Waals surface area (Å²) >= 11 is 7.44. The SMILES string of the molecule is Cc1ccc(NC(=O)CCc2nnc(SCc3ccccc3[N+](=O)[O-])n2C)cc1Cl. The summed E-state index contributed by atoms with van der Waals surface area (Å²) in [5.74, 6) is 0.918. The minimum absolute atomic E-state index is 0.0836. The second kappa shape index (κ2) is 9.73. The van der Waals surface area contributed by atoms with Crippen LogP contribution in [0.3, 0.4) is 0 Å². The monoisotopic (exact) mass is 445 g/mol. The summed E-state index contributed by atoms with van der Waals surface area (Å²) in [6, 6.07) is 12.0. The maximum Gasteiger partial charge on any atom is 0.273 e. The molecule has 0 aliphatic heterocycles. The van der Waals surface area contributed by atoms with E-state index in [0.717, 1.165) is 5.56 Å². The number of hydrogen-bond acceptors (Lipinski definition) is 6. The van der Waals surface area contributed by atoms with Gasteiger partial charge in [-0.25, -0.2) is 0 Å². The highest BCUT2D eigenvalue weighted by molar-refractivity contribution is 7.98. The minimum atomic E-state index is -0.391. The molecular formula is C20H20ClN5O3S. The molecule has 0 aliphatic carbocycles. The molecule has 156 valence electrons. The molecule has 0 spiro atoms. The zero-order valence-electron chi connectivity index (χ0n) is 16.5. The number of hydrogen-bond donors (Lipinski definition) is 1. The number of aromatic nitrogens is 3. The van der Waals surface area contributed by atoms with Crippen molar-refractivity contribution in [2.75, 3.05) is 5.32 Å². The number of nitro benzene ring substituents is 1. The molecule has 1 N–H and O–H groups in total. The Balaban J connectivity index is 1.57. The minimum Gasteiger partial charge on any atom is -0.326 e. The number of nitrogens with one attached hydrogen (secondary N) is 1. The van der Waals surface area contributed by atoms with E-state index in [1.54, 1.807) is 34.9 Å². The molecule has 8 nitrogen and oxygen atoms in total. The molecule has 2 aromatic carbocycles. The summed E-state index contributed by atoms with van der Waals surface area (Å²) in [4.78, 5) is 23.0. The predicted octanol–water partition coefficient (Wildman–Crippen LogP) is 4.55. The topological polar surface area (TPSA) is 103 Å². The molecule has 0 saturated carbocycles. The van der Waals surface area contributed by atoms with Gasteiger partial charge < -0.3 is 9.88 Å². The highest BCUT2D eigenvalue weighted by atomic mass is 35.5. The summed E-state index contributed by atoms with van der Waals surface area (Å²) in [6.07, 6.45) is 0.660. The molecule has 1 amide bonds. The number of benzene rings is 2. The Bertz CT molecular complexity index is 1090. The summed E-state index contributed by atoms with van der Waals surface area (Å²) in [7, 11) is 1.81. The standard InChI is InChI=1S/C20H20ClN5O3S/c1-13-7-8-15(11-16(13)21)22-19(27)10-9-18-23-24-20(25(18)2)30-12-14-5-3-4-6-17(14)26(28)29/h3-8,11H,9-10,12H2,1-2H3,(H,22,27). The average molecular weight is 446 g/mol. The van der Waals surface area contributed by atoms with E-state index < -0.39 is 4.92 Å². The lowest BCUT2D eigenvalue weighted by molar-refractivity contribution is -0.385. The van der Waals surface area contributed by atoms with E-state index in [2.05, 4.69) is 15.5 Å². The molecule has 30 heavy (non-hydrogen) atoms. The van der Waals surface area contributed by atoms with Gasteiger partial charge in [-0.2, -0.15) is 0 Å². The molecular weight excluding hydrogens is 426 g/mol. The number of anilines is 1. The molecule has 0 bridgehead atoms. The predicted molar refractivity (Wildman–Crippen MR) is 117 cm³/mol. The van der Waals surface area contributed by atoms with E-state index in [-0.39, 0.29) is 18.0 Å². The summed E-state index contributed by atoms with van der Waals surface area (Å²) in [6.45, 7) is 1.90. The quantitative estimate of drug-likeness (QED) is 0.310. The summed E-state index contributed by atoms with van der Waals surface area (Å²) < 4.78 is 1.80. The van der Waals surface area contributed by atoms with Crippen molar-refractivity contribution in [2.24, 2.45) is 7.05 Å². The Kier molecular flexibility index (Phi) is 7.07. The summed E-state index contributed by atoms with van der Waals surface area (Å²) in [5.41, 5.74) is 2.29. The second-order valence-corrected chi connectivity index (χ2v) is 7.99. The van der Waals surface area contributed by atoms with Gasteiger partial charge in [-0.15, -0.1) is 10.2 Å². The van der Waals surface area contributed by atoms with Gasteiger partial charge in [0.1, 0.15) is 5.82 Å². The van der Waals surface area contributed by atoms with Crippen LogP contribution in [0, 0.1) is 17.0 Å². The van der Waals surface area contributed by atoms with Crippen molar-refractivity contribution in [3.05, 3.63) is 74.6 Å². The molecule has 0 unspecified atom stereocenters. The molecule has 0 radical (unpaired) electrons. The number of halogens is 1. The van der Waals surface area contributed by atoms with Gasteiger partial charge in [-0.05, 0) is 24.6 Å². The van der Waals surface area contributed by atoms with Crippen LogP contribution in [0.2, 0.25) is 5.02 Å². The number of nitro groups is 1. The van der Waals surface area contributed by atoms with Crippen LogP contribution >= 0.6 is 23.4 Å². The third-order valence-electron chi connectivity index (χ3n) is 4.50. The van der Waals surface area contributed by atoms with Gasteiger partial charge in [0.25, 0.3) is 5.69 Å². The molecule has 3 rings (SSSR count). The van der Waals surface area contributed by atoms with Crippen molar-refractivity contribution < 1.29 is 9.72 Å². The first-order valence-corrected chi connectivity index (χ1v) is 10.5. The Morgan fingerprint density at radius 2 is 2.03 bits per heavy atom. The van der Waals surface area contributed by atoms with Crippen molar-refractivity contribution in [1.29, 1.82) is 0 Å². The van der Waals surface area contributed by atoms with Crippen LogP contribution in [0.4, 0.5) is 11.4 Å². The van der Waals surface area contributed by atoms with Gasteiger partial charge in [0.15, 0.2) is 5.16 Å². The van der Waals surface area contributed by atoms with Crippen LogP contribution in [0.25, 0.3) is 0 Å². The fraction of sp³-hybridized carbons (Fsp3) is 0.250. The highest BCUT2D eigenvalue weighted by Gasteiger charge is 2.16. The zero-order valence-corrected chi connectivity index (χ0v) is 18.0. The van der Waals surface area contributed by atoms with Gasteiger partial charge >= 0.3 is 0 Å². The van der Waals surface area contributed by atoms with Crippen molar-refractivity contribution in [2.45, 2.75) is 30.7 Å². The van der Waals surface area contributed by atoms with Crippen molar-refractivity contribution in [3.63, 3.8) is 0 Å². The third kappa shape index (κ3) is 5.37. The van der Waals surface area contributed by atoms with Crippen LogP contribution in [-0.4, -0.2) is 25.6 Å². The van der Waals surface area contributed by atoms with Crippen molar-refractivity contribution in [1.82, 2.24) is 14.8 Å². The Morgan fingerprint density at radius 1 is 1.27 bits per heavy atom. The molecule has 0 saturated heterocycles. The maximum atomic E-state index is 12.2. The van der Waals surface area contributed by atoms with Gasteiger partial charge in [0, 0.05) is 48.0 Å². The number of nitrogens with zero attached hydrogens (tertiary/aromatic N) is 4. The largest absolute Gasteiger partial charge is 0.326 e. The van der Waals surface area contributed by atoms with Gasteiger partial charge in [-0.1, -0.05) is 47.6 Å². The first-order valence-electron chi connectivity index (χ1n) is 9.14. The van der Waals surface area contributed by atoms with E-state index in [4.69, 9.17) is 11.6 Å².